The Kier molecular flexibility index (Phi) is 5.70. The lowest BCUT2D eigenvalue weighted by molar-refractivity contribution is -0.132. The fourth-order valence-electron chi connectivity index (χ4n) is 1.73. The highest BCUT2D eigenvalue weighted by Crippen LogP contribution is 2.03. The van der Waals surface area contributed by atoms with Gasteiger partial charge in [0.1, 0.15) is 0 Å². The summed E-state index contributed by atoms with van der Waals surface area (Å²) in [7, 11) is 1.81. The van der Waals surface area contributed by atoms with Gasteiger partial charge in [-0.05, 0) is 32.9 Å². The number of nitrogens with one attached hydrogen (secondary N) is 1. The first kappa shape index (κ1) is 13.7. The van der Waals surface area contributed by atoms with Gasteiger partial charge in [0, 0.05) is 13.1 Å². The highest BCUT2D eigenvalue weighted by Gasteiger charge is 2.16. The Hall–Kier alpha value is -1.35. The van der Waals surface area contributed by atoms with E-state index >= 15 is 0 Å². The second-order valence-electron chi connectivity index (χ2n) is 4.16. The van der Waals surface area contributed by atoms with Crippen LogP contribution < -0.4 is 5.32 Å². The molecule has 0 aromatic heterocycles. The second kappa shape index (κ2) is 7.07. The van der Waals surface area contributed by atoms with Crippen LogP contribution in [0, 0.1) is 0 Å². The molecule has 0 saturated heterocycles. The molecule has 0 heterocycles. The van der Waals surface area contributed by atoms with Crippen molar-refractivity contribution in [3.63, 3.8) is 0 Å². The van der Waals surface area contributed by atoms with Crippen molar-refractivity contribution in [3.05, 3.63) is 35.9 Å². The van der Waals surface area contributed by atoms with Crippen LogP contribution in [0.1, 0.15) is 19.4 Å². The molecule has 0 aliphatic carbocycles. The lowest BCUT2D eigenvalue weighted by Crippen LogP contribution is -2.44. The van der Waals surface area contributed by atoms with E-state index in [-0.39, 0.29) is 11.9 Å². The van der Waals surface area contributed by atoms with Crippen molar-refractivity contribution >= 4 is 5.91 Å². The predicted octanol–water partition coefficient (Wildman–Crippen LogP) is 1.69. The van der Waals surface area contributed by atoms with Gasteiger partial charge in [0.15, 0.2) is 0 Å². The predicted molar refractivity (Wildman–Crippen MR) is 70.9 cm³/mol. The Bertz CT molecular complexity index is 337. The Morgan fingerprint density at radius 3 is 2.53 bits per heavy atom. The summed E-state index contributed by atoms with van der Waals surface area (Å²) in [6.45, 7) is 5.46. The average molecular weight is 234 g/mol. The molecule has 0 spiro atoms. The largest absolute Gasteiger partial charge is 0.341 e. The van der Waals surface area contributed by atoms with Gasteiger partial charge in [-0.15, -0.1) is 0 Å². The maximum absolute atomic E-state index is 12.0. The van der Waals surface area contributed by atoms with Crippen molar-refractivity contribution in [1.29, 1.82) is 0 Å². The summed E-state index contributed by atoms with van der Waals surface area (Å²) in [4.78, 5) is 13.9. The fraction of sp³-hybridized carbons (Fsp3) is 0.500. The number of benzene rings is 1. The molecule has 1 aromatic carbocycles. The van der Waals surface area contributed by atoms with E-state index in [1.807, 2.05) is 44.0 Å². The summed E-state index contributed by atoms with van der Waals surface area (Å²) in [5.41, 5.74) is 1.27. The van der Waals surface area contributed by atoms with E-state index in [1.54, 1.807) is 0 Å². The minimum absolute atomic E-state index is 0.106. The highest BCUT2D eigenvalue weighted by molar-refractivity contribution is 5.81. The van der Waals surface area contributed by atoms with Crippen LogP contribution in [-0.4, -0.2) is 37.0 Å². The maximum atomic E-state index is 12.0. The third-order valence-electron chi connectivity index (χ3n) is 3.01. The molecule has 1 aromatic rings. The SMILES string of the molecule is CCN(CCc1ccccc1)C(=O)C(C)NC. The third kappa shape index (κ3) is 4.19. The van der Waals surface area contributed by atoms with E-state index in [0.717, 1.165) is 19.5 Å². The van der Waals surface area contributed by atoms with Gasteiger partial charge in [0.05, 0.1) is 6.04 Å². The van der Waals surface area contributed by atoms with E-state index in [9.17, 15) is 4.79 Å². The number of hydrogen-bond acceptors (Lipinski definition) is 2. The zero-order valence-corrected chi connectivity index (χ0v) is 10.9. The summed E-state index contributed by atoms with van der Waals surface area (Å²) < 4.78 is 0. The molecule has 17 heavy (non-hydrogen) atoms. The number of hydrogen-bond donors (Lipinski definition) is 1. The molecular weight excluding hydrogens is 212 g/mol. The van der Waals surface area contributed by atoms with Gasteiger partial charge in [-0.25, -0.2) is 0 Å². The molecule has 1 N–H and O–H groups in total. The van der Waals surface area contributed by atoms with Crippen LogP contribution in [0.4, 0.5) is 0 Å². The summed E-state index contributed by atoms with van der Waals surface area (Å²) in [5.74, 6) is 0.172. The minimum Gasteiger partial charge on any atom is -0.341 e. The number of carbonyl (C=O) groups excluding carboxylic acids is 1. The standard InChI is InChI=1S/C14H22N2O/c1-4-16(14(17)12(2)15-3)11-10-13-8-6-5-7-9-13/h5-9,12,15H,4,10-11H2,1-3H3. The van der Waals surface area contributed by atoms with Crippen molar-refractivity contribution in [2.45, 2.75) is 26.3 Å². The van der Waals surface area contributed by atoms with E-state index < -0.39 is 0 Å². The highest BCUT2D eigenvalue weighted by atomic mass is 16.2. The van der Waals surface area contributed by atoms with Gasteiger partial charge in [-0.2, -0.15) is 0 Å². The van der Waals surface area contributed by atoms with Gasteiger partial charge in [0.2, 0.25) is 5.91 Å². The molecule has 1 atom stereocenters. The molecule has 94 valence electrons. The first-order chi connectivity index (χ1) is 8.19. The van der Waals surface area contributed by atoms with Crippen LogP contribution in [-0.2, 0) is 11.2 Å². The maximum Gasteiger partial charge on any atom is 0.239 e. The van der Waals surface area contributed by atoms with E-state index in [0.29, 0.717) is 0 Å². The van der Waals surface area contributed by atoms with E-state index in [2.05, 4.69) is 17.4 Å². The monoisotopic (exact) mass is 234 g/mol. The molecule has 1 rings (SSSR count). The molecule has 0 fully saturated rings. The molecule has 0 aliphatic rings. The summed E-state index contributed by atoms with van der Waals surface area (Å²) in [6.07, 6.45) is 0.914. The summed E-state index contributed by atoms with van der Waals surface area (Å²) >= 11 is 0. The van der Waals surface area contributed by atoms with Crippen LogP contribution in [0.5, 0.6) is 0 Å². The molecule has 0 saturated carbocycles. The smallest absolute Gasteiger partial charge is 0.239 e. The third-order valence-corrected chi connectivity index (χ3v) is 3.01. The average Bonchev–Trinajstić information content (AvgIpc) is 2.39. The van der Waals surface area contributed by atoms with Crippen LogP contribution in [0.2, 0.25) is 0 Å². The fourth-order valence-corrected chi connectivity index (χ4v) is 1.73. The van der Waals surface area contributed by atoms with Gasteiger partial charge in [0.25, 0.3) is 0 Å². The van der Waals surface area contributed by atoms with Crippen LogP contribution >= 0.6 is 0 Å². The number of carbonyl (C=O) groups is 1. The molecule has 3 heteroatoms. The summed E-state index contributed by atoms with van der Waals surface area (Å²) in [5, 5.41) is 2.99. The topological polar surface area (TPSA) is 32.3 Å². The first-order valence-corrected chi connectivity index (χ1v) is 6.19. The Morgan fingerprint density at radius 1 is 1.35 bits per heavy atom. The Morgan fingerprint density at radius 2 is 2.00 bits per heavy atom. The lowest BCUT2D eigenvalue weighted by Gasteiger charge is -2.24. The van der Waals surface area contributed by atoms with Gasteiger partial charge >= 0.3 is 0 Å². The Balaban J connectivity index is 2.50. The molecule has 3 nitrogen and oxygen atoms in total. The van der Waals surface area contributed by atoms with Gasteiger partial charge in [-0.1, -0.05) is 30.3 Å². The van der Waals surface area contributed by atoms with Crippen LogP contribution in [0.15, 0.2) is 30.3 Å². The first-order valence-electron chi connectivity index (χ1n) is 6.19. The van der Waals surface area contributed by atoms with E-state index in [1.165, 1.54) is 5.56 Å². The number of likely N-dealkylation sites (N-methyl/N-ethyl adjacent to an activating group) is 2. The molecule has 0 bridgehead atoms. The molecule has 1 unspecified atom stereocenters. The minimum atomic E-state index is -0.106. The van der Waals surface area contributed by atoms with Crippen molar-refractivity contribution in [2.75, 3.05) is 20.1 Å². The number of rotatable bonds is 6. The van der Waals surface area contributed by atoms with Gasteiger partial charge in [-0.3, -0.25) is 4.79 Å². The second-order valence-corrected chi connectivity index (χ2v) is 4.16. The lowest BCUT2D eigenvalue weighted by atomic mass is 10.1. The molecule has 0 radical (unpaired) electrons. The quantitative estimate of drug-likeness (QED) is 0.812. The zero-order chi connectivity index (χ0) is 12.7. The molecular formula is C14H22N2O. The van der Waals surface area contributed by atoms with Crippen LogP contribution in [0.25, 0.3) is 0 Å². The molecule has 0 aliphatic heterocycles. The normalized spacial score (nSPS) is 12.2. The number of nitrogens with zero attached hydrogens (tertiary/aromatic N) is 1. The van der Waals surface area contributed by atoms with Crippen molar-refractivity contribution in [3.8, 4) is 0 Å². The van der Waals surface area contributed by atoms with Gasteiger partial charge < -0.3 is 10.2 Å². The zero-order valence-electron chi connectivity index (χ0n) is 10.9. The Labute approximate surface area is 104 Å². The number of amides is 1. The van der Waals surface area contributed by atoms with E-state index in [4.69, 9.17) is 0 Å². The van der Waals surface area contributed by atoms with Crippen molar-refractivity contribution in [1.82, 2.24) is 10.2 Å². The van der Waals surface area contributed by atoms with Crippen molar-refractivity contribution in [2.24, 2.45) is 0 Å². The van der Waals surface area contributed by atoms with Crippen molar-refractivity contribution < 1.29 is 4.79 Å². The van der Waals surface area contributed by atoms with Crippen LogP contribution in [0.3, 0.4) is 0 Å². The summed E-state index contributed by atoms with van der Waals surface area (Å²) in [6, 6.07) is 10.2. The molecule has 1 amide bonds.